The molecule has 29 heavy (non-hydrogen) atoms. The molecule has 0 unspecified atom stereocenters. The average Bonchev–Trinajstić information content (AvgIpc) is 2.74. The Morgan fingerprint density at radius 1 is 0.966 bits per heavy atom. The van der Waals surface area contributed by atoms with E-state index >= 15 is 0 Å². The topological polar surface area (TPSA) is 67.4 Å². The van der Waals surface area contributed by atoms with Gasteiger partial charge in [-0.15, -0.1) is 0 Å². The van der Waals surface area contributed by atoms with Crippen LogP contribution < -0.4 is 15.4 Å². The Balaban J connectivity index is 1.48. The van der Waals surface area contributed by atoms with Gasteiger partial charge < -0.3 is 15.4 Å². The van der Waals surface area contributed by atoms with Crippen LogP contribution in [0.2, 0.25) is 0 Å². The van der Waals surface area contributed by atoms with Crippen LogP contribution in [-0.2, 0) is 11.3 Å². The summed E-state index contributed by atoms with van der Waals surface area (Å²) >= 11 is 3.43. The molecule has 3 aromatic carbocycles. The number of carbonyl (C=O) groups is 2. The van der Waals surface area contributed by atoms with Gasteiger partial charge in [-0.2, -0.15) is 0 Å². The molecule has 6 heteroatoms. The number of amides is 2. The smallest absolute Gasteiger partial charge is 0.262 e. The number of aryl methyl sites for hydroxylation is 1. The molecule has 0 saturated heterocycles. The van der Waals surface area contributed by atoms with Gasteiger partial charge in [0.25, 0.3) is 11.8 Å². The van der Waals surface area contributed by atoms with Crippen molar-refractivity contribution in [2.45, 2.75) is 13.5 Å². The fourth-order valence-electron chi connectivity index (χ4n) is 2.64. The third-order valence-electron chi connectivity index (χ3n) is 4.23. The number of hydrogen-bond acceptors (Lipinski definition) is 3. The van der Waals surface area contributed by atoms with Crippen molar-refractivity contribution in [2.75, 3.05) is 11.9 Å². The van der Waals surface area contributed by atoms with E-state index in [9.17, 15) is 9.59 Å². The molecule has 0 aliphatic heterocycles. The standard InChI is InChI=1S/C23H21BrN2O3/c1-16-13-20(11-12-21(16)24)29-15-22(27)26-19-9-7-18(8-10-19)23(28)25-14-17-5-3-2-4-6-17/h2-13H,14-15H2,1H3,(H,25,28)(H,26,27). The fraction of sp³-hybridized carbons (Fsp3) is 0.130. The van der Waals surface area contributed by atoms with Gasteiger partial charge in [0.15, 0.2) is 6.61 Å². The Kier molecular flexibility index (Phi) is 7.03. The van der Waals surface area contributed by atoms with Crippen molar-refractivity contribution >= 4 is 33.4 Å². The molecule has 0 spiro atoms. The maximum atomic E-state index is 12.2. The summed E-state index contributed by atoms with van der Waals surface area (Å²) in [5.74, 6) is 0.193. The van der Waals surface area contributed by atoms with Crippen LogP contribution in [0, 0.1) is 6.92 Å². The van der Waals surface area contributed by atoms with E-state index < -0.39 is 0 Å². The molecule has 3 rings (SSSR count). The fourth-order valence-corrected chi connectivity index (χ4v) is 2.88. The van der Waals surface area contributed by atoms with Crippen molar-refractivity contribution < 1.29 is 14.3 Å². The molecule has 148 valence electrons. The van der Waals surface area contributed by atoms with E-state index in [-0.39, 0.29) is 18.4 Å². The molecule has 0 radical (unpaired) electrons. The molecule has 0 heterocycles. The molecule has 0 aromatic heterocycles. The lowest BCUT2D eigenvalue weighted by Crippen LogP contribution is -2.23. The van der Waals surface area contributed by atoms with Gasteiger partial charge in [0.2, 0.25) is 0 Å². The Morgan fingerprint density at radius 2 is 1.69 bits per heavy atom. The van der Waals surface area contributed by atoms with Gasteiger partial charge in [0.05, 0.1) is 0 Å². The van der Waals surface area contributed by atoms with Crippen LogP contribution in [0.3, 0.4) is 0 Å². The second-order valence-corrected chi connectivity index (χ2v) is 7.35. The molecule has 0 saturated carbocycles. The first-order chi connectivity index (χ1) is 14.0. The number of halogens is 1. The van der Waals surface area contributed by atoms with Crippen LogP contribution in [0.15, 0.2) is 77.3 Å². The predicted molar refractivity (Wildman–Crippen MR) is 117 cm³/mol. The minimum absolute atomic E-state index is 0.0968. The highest BCUT2D eigenvalue weighted by Crippen LogP contribution is 2.21. The number of rotatable bonds is 7. The van der Waals surface area contributed by atoms with Crippen molar-refractivity contribution in [1.29, 1.82) is 0 Å². The van der Waals surface area contributed by atoms with Gasteiger partial charge >= 0.3 is 0 Å². The minimum Gasteiger partial charge on any atom is -0.484 e. The van der Waals surface area contributed by atoms with E-state index in [1.165, 1.54) is 0 Å². The molecule has 0 aliphatic rings. The monoisotopic (exact) mass is 452 g/mol. The van der Waals surface area contributed by atoms with Gasteiger partial charge in [-0.25, -0.2) is 0 Å². The molecule has 0 atom stereocenters. The van der Waals surface area contributed by atoms with E-state index in [2.05, 4.69) is 26.6 Å². The van der Waals surface area contributed by atoms with Crippen LogP contribution in [0.4, 0.5) is 5.69 Å². The molecule has 0 fully saturated rings. The lowest BCUT2D eigenvalue weighted by molar-refractivity contribution is -0.118. The van der Waals surface area contributed by atoms with Crippen LogP contribution >= 0.6 is 15.9 Å². The van der Waals surface area contributed by atoms with E-state index in [4.69, 9.17) is 4.74 Å². The largest absolute Gasteiger partial charge is 0.484 e. The first kappa shape index (κ1) is 20.6. The third-order valence-corrected chi connectivity index (χ3v) is 5.12. The van der Waals surface area contributed by atoms with E-state index in [1.807, 2.05) is 49.4 Å². The summed E-state index contributed by atoms with van der Waals surface area (Å²) in [5.41, 5.74) is 3.19. The van der Waals surface area contributed by atoms with Crippen LogP contribution in [0.5, 0.6) is 5.75 Å². The Hall–Kier alpha value is -3.12. The Morgan fingerprint density at radius 3 is 2.38 bits per heavy atom. The lowest BCUT2D eigenvalue weighted by atomic mass is 10.1. The third kappa shape index (κ3) is 6.19. The lowest BCUT2D eigenvalue weighted by Gasteiger charge is -2.09. The minimum atomic E-state index is -0.271. The average molecular weight is 453 g/mol. The number of nitrogens with one attached hydrogen (secondary N) is 2. The molecule has 0 bridgehead atoms. The number of anilines is 1. The molecule has 3 aromatic rings. The van der Waals surface area contributed by atoms with Gasteiger partial charge in [0.1, 0.15) is 5.75 Å². The molecule has 2 N–H and O–H groups in total. The summed E-state index contributed by atoms with van der Waals surface area (Å²) in [6.45, 7) is 2.32. The molecule has 0 aliphatic carbocycles. The van der Waals surface area contributed by atoms with Crippen molar-refractivity contribution in [3.8, 4) is 5.75 Å². The van der Waals surface area contributed by atoms with Crippen molar-refractivity contribution in [2.24, 2.45) is 0 Å². The zero-order chi connectivity index (χ0) is 20.6. The van der Waals surface area contributed by atoms with Crippen LogP contribution in [-0.4, -0.2) is 18.4 Å². The van der Waals surface area contributed by atoms with E-state index in [1.54, 1.807) is 30.3 Å². The van der Waals surface area contributed by atoms with Gasteiger partial charge in [-0.3, -0.25) is 9.59 Å². The van der Waals surface area contributed by atoms with Crippen molar-refractivity contribution in [3.05, 3.63) is 94.0 Å². The maximum absolute atomic E-state index is 12.2. The Bertz CT molecular complexity index is 989. The summed E-state index contributed by atoms with van der Waals surface area (Å²) in [7, 11) is 0. The highest BCUT2D eigenvalue weighted by Gasteiger charge is 2.08. The van der Waals surface area contributed by atoms with Crippen LogP contribution in [0.1, 0.15) is 21.5 Å². The summed E-state index contributed by atoms with van der Waals surface area (Å²) in [4.78, 5) is 24.3. The maximum Gasteiger partial charge on any atom is 0.262 e. The SMILES string of the molecule is Cc1cc(OCC(=O)Nc2ccc(C(=O)NCc3ccccc3)cc2)ccc1Br. The second kappa shape index (κ2) is 9.89. The second-order valence-electron chi connectivity index (χ2n) is 6.49. The summed E-state index contributed by atoms with van der Waals surface area (Å²) in [6.07, 6.45) is 0. The van der Waals surface area contributed by atoms with Gasteiger partial charge in [-0.1, -0.05) is 46.3 Å². The normalized spacial score (nSPS) is 10.3. The number of carbonyl (C=O) groups excluding carboxylic acids is 2. The highest BCUT2D eigenvalue weighted by molar-refractivity contribution is 9.10. The van der Waals surface area contributed by atoms with E-state index in [0.717, 1.165) is 15.6 Å². The number of benzene rings is 3. The number of ether oxygens (including phenoxy) is 1. The first-order valence-electron chi connectivity index (χ1n) is 9.12. The van der Waals surface area contributed by atoms with Crippen molar-refractivity contribution in [1.82, 2.24) is 5.32 Å². The highest BCUT2D eigenvalue weighted by atomic mass is 79.9. The molecular weight excluding hydrogens is 432 g/mol. The summed E-state index contributed by atoms with van der Waals surface area (Å²) in [5, 5.41) is 5.63. The van der Waals surface area contributed by atoms with Crippen LogP contribution in [0.25, 0.3) is 0 Å². The summed E-state index contributed by atoms with van der Waals surface area (Å²) in [6, 6.07) is 22.0. The first-order valence-corrected chi connectivity index (χ1v) is 9.91. The zero-order valence-corrected chi connectivity index (χ0v) is 17.5. The molecular formula is C23H21BrN2O3. The quantitative estimate of drug-likeness (QED) is 0.545. The predicted octanol–water partition coefficient (Wildman–Crippen LogP) is 4.71. The number of hydrogen-bond donors (Lipinski definition) is 2. The van der Waals surface area contributed by atoms with Gasteiger partial charge in [-0.05, 0) is 60.5 Å². The van der Waals surface area contributed by atoms with E-state index in [0.29, 0.717) is 23.5 Å². The molecule has 2 amide bonds. The van der Waals surface area contributed by atoms with Gasteiger partial charge in [0, 0.05) is 22.3 Å². The molecule has 5 nitrogen and oxygen atoms in total. The zero-order valence-electron chi connectivity index (χ0n) is 15.9. The van der Waals surface area contributed by atoms with Crippen molar-refractivity contribution in [3.63, 3.8) is 0 Å². The Labute approximate surface area is 178 Å². The summed E-state index contributed by atoms with van der Waals surface area (Å²) < 4.78 is 6.50.